The molecule has 1 aromatic carbocycles. The second-order valence-electron chi connectivity index (χ2n) is 7.31. The van der Waals surface area contributed by atoms with Gasteiger partial charge in [-0.3, -0.25) is 23.8 Å². The zero-order valence-electron chi connectivity index (χ0n) is 16.5. The predicted molar refractivity (Wildman–Crippen MR) is 113 cm³/mol. The zero-order chi connectivity index (χ0) is 20.9. The van der Waals surface area contributed by atoms with Gasteiger partial charge < -0.3 is 5.32 Å². The van der Waals surface area contributed by atoms with Crippen LogP contribution in [0.5, 0.6) is 0 Å². The van der Waals surface area contributed by atoms with E-state index in [1.54, 1.807) is 36.5 Å². The van der Waals surface area contributed by atoms with Crippen molar-refractivity contribution in [1.29, 1.82) is 5.26 Å². The smallest absolute Gasteiger partial charge is 0.258 e. The van der Waals surface area contributed by atoms with Gasteiger partial charge in [-0.2, -0.15) is 5.26 Å². The molecule has 0 atom stereocenters. The zero-order valence-corrected chi connectivity index (χ0v) is 16.5. The maximum absolute atomic E-state index is 12.3. The Hall–Kier alpha value is -3.54. The number of carbonyl (C=O) groups excluding carboxylic acids is 1. The largest absolute Gasteiger partial charge is 0.325 e. The van der Waals surface area contributed by atoms with Crippen molar-refractivity contribution in [3.05, 3.63) is 76.3 Å². The number of anilines is 1. The van der Waals surface area contributed by atoms with E-state index in [1.165, 1.54) is 4.40 Å². The van der Waals surface area contributed by atoms with Gasteiger partial charge in [0, 0.05) is 50.7 Å². The molecule has 1 N–H and O–H groups in total. The molecule has 1 aliphatic heterocycles. The summed E-state index contributed by atoms with van der Waals surface area (Å²) in [5.74, 6) is -0.0947. The molecule has 0 unspecified atom stereocenters. The SMILES string of the molecule is N#Cc1cccc(NC(=O)CN2CCN(Cc3cc(=O)n4ccccc4n3)CC2)c1. The van der Waals surface area contributed by atoms with E-state index < -0.39 is 0 Å². The number of nitrogens with one attached hydrogen (secondary N) is 1. The Balaban J connectivity index is 1.29. The Bertz CT molecular complexity index is 1160. The maximum atomic E-state index is 12.3. The van der Waals surface area contributed by atoms with Gasteiger partial charge in [-0.15, -0.1) is 0 Å². The van der Waals surface area contributed by atoms with Crippen LogP contribution in [0.25, 0.3) is 5.65 Å². The first-order valence-corrected chi connectivity index (χ1v) is 9.83. The van der Waals surface area contributed by atoms with Crippen molar-refractivity contribution in [3.63, 3.8) is 0 Å². The summed E-state index contributed by atoms with van der Waals surface area (Å²) in [6.07, 6.45) is 1.72. The summed E-state index contributed by atoms with van der Waals surface area (Å²) in [7, 11) is 0. The Morgan fingerprint density at radius 3 is 2.67 bits per heavy atom. The molecule has 2 aromatic heterocycles. The molecule has 0 saturated carbocycles. The quantitative estimate of drug-likeness (QED) is 0.692. The van der Waals surface area contributed by atoms with Gasteiger partial charge in [-0.05, 0) is 30.3 Å². The van der Waals surface area contributed by atoms with E-state index in [0.29, 0.717) is 30.0 Å². The molecule has 8 heteroatoms. The number of rotatable bonds is 5. The highest BCUT2D eigenvalue weighted by Crippen LogP contribution is 2.11. The normalized spacial score (nSPS) is 15.0. The lowest BCUT2D eigenvalue weighted by Gasteiger charge is -2.34. The van der Waals surface area contributed by atoms with Gasteiger partial charge in [0.15, 0.2) is 0 Å². The number of hydrogen-bond donors (Lipinski definition) is 1. The molecule has 1 fully saturated rings. The number of carbonyl (C=O) groups is 1. The third-order valence-electron chi connectivity index (χ3n) is 5.12. The van der Waals surface area contributed by atoms with E-state index in [2.05, 4.69) is 26.2 Å². The van der Waals surface area contributed by atoms with Crippen molar-refractivity contribution in [2.24, 2.45) is 0 Å². The lowest BCUT2D eigenvalue weighted by molar-refractivity contribution is -0.117. The molecular weight excluding hydrogens is 380 g/mol. The second kappa shape index (κ2) is 8.86. The molecule has 1 saturated heterocycles. The summed E-state index contributed by atoms with van der Waals surface area (Å²) in [5.41, 5.74) is 2.48. The van der Waals surface area contributed by atoms with E-state index in [9.17, 15) is 9.59 Å². The highest BCUT2D eigenvalue weighted by Gasteiger charge is 2.20. The van der Waals surface area contributed by atoms with Crippen molar-refractivity contribution in [1.82, 2.24) is 19.2 Å². The standard InChI is InChI=1S/C22H22N6O2/c23-14-17-4-3-5-18(12-17)25-21(29)16-27-10-8-26(9-11-27)15-19-13-22(30)28-7-2-1-6-20(28)24-19/h1-7,12-13H,8-11,15-16H2,(H,25,29). The van der Waals surface area contributed by atoms with Gasteiger partial charge in [-0.1, -0.05) is 12.1 Å². The molecule has 0 aliphatic carbocycles. The Kier molecular flexibility index (Phi) is 5.84. The lowest BCUT2D eigenvalue weighted by atomic mass is 10.2. The van der Waals surface area contributed by atoms with Crippen molar-refractivity contribution in [3.8, 4) is 6.07 Å². The Labute approximate surface area is 174 Å². The summed E-state index contributed by atoms with van der Waals surface area (Å²) in [4.78, 5) is 33.5. The molecular formula is C22H22N6O2. The van der Waals surface area contributed by atoms with Crippen molar-refractivity contribution in [2.45, 2.75) is 6.54 Å². The predicted octanol–water partition coefficient (Wildman–Crippen LogP) is 1.32. The number of fused-ring (bicyclic) bond motifs is 1. The summed E-state index contributed by atoms with van der Waals surface area (Å²) < 4.78 is 1.53. The van der Waals surface area contributed by atoms with E-state index in [4.69, 9.17) is 5.26 Å². The van der Waals surface area contributed by atoms with Crippen molar-refractivity contribution < 1.29 is 4.79 Å². The number of pyridine rings is 1. The molecule has 4 rings (SSSR count). The van der Waals surface area contributed by atoms with Crippen LogP contribution in [-0.4, -0.2) is 57.8 Å². The number of benzene rings is 1. The molecule has 0 bridgehead atoms. The maximum Gasteiger partial charge on any atom is 0.258 e. The molecule has 3 aromatic rings. The van der Waals surface area contributed by atoms with Crippen LogP contribution < -0.4 is 10.9 Å². The number of aromatic nitrogens is 2. The first-order valence-electron chi connectivity index (χ1n) is 9.83. The van der Waals surface area contributed by atoms with Crippen LogP contribution in [0.3, 0.4) is 0 Å². The third-order valence-corrected chi connectivity index (χ3v) is 5.12. The van der Waals surface area contributed by atoms with Crippen LogP contribution in [0.15, 0.2) is 59.5 Å². The average molecular weight is 402 g/mol. The fourth-order valence-corrected chi connectivity index (χ4v) is 3.59. The highest BCUT2D eigenvalue weighted by molar-refractivity contribution is 5.92. The average Bonchev–Trinajstić information content (AvgIpc) is 2.75. The minimum absolute atomic E-state index is 0.0774. The van der Waals surface area contributed by atoms with Crippen LogP contribution in [-0.2, 0) is 11.3 Å². The number of nitrogens with zero attached hydrogens (tertiary/aromatic N) is 5. The monoisotopic (exact) mass is 402 g/mol. The van der Waals surface area contributed by atoms with Crippen molar-refractivity contribution in [2.75, 3.05) is 38.0 Å². The molecule has 0 radical (unpaired) electrons. The minimum Gasteiger partial charge on any atom is -0.325 e. The molecule has 30 heavy (non-hydrogen) atoms. The van der Waals surface area contributed by atoms with Crippen LogP contribution >= 0.6 is 0 Å². The molecule has 1 amide bonds. The van der Waals surface area contributed by atoms with Gasteiger partial charge in [0.1, 0.15) is 5.65 Å². The van der Waals surface area contributed by atoms with Crippen LogP contribution in [0, 0.1) is 11.3 Å². The molecule has 1 aliphatic rings. The highest BCUT2D eigenvalue weighted by atomic mass is 16.2. The topological polar surface area (TPSA) is 93.7 Å². The molecule has 3 heterocycles. The van der Waals surface area contributed by atoms with Gasteiger partial charge in [-0.25, -0.2) is 4.98 Å². The first kappa shape index (κ1) is 19.8. The van der Waals surface area contributed by atoms with Crippen LogP contribution in [0.2, 0.25) is 0 Å². The van der Waals surface area contributed by atoms with Gasteiger partial charge in [0.2, 0.25) is 5.91 Å². The summed E-state index contributed by atoms with van der Waals surface area (Å²) in [5, 5.41) is 11.8. The summed E-state index contributed by atoms with van der Waals surface area (Å²) >= 11 is 0. The Morgan fingerprint density at radius 1 is 1.07 bits per heavy atom. The minimum atomic E-state index is -0.0947. The Morgan fingerprint density at radius 2 is 1.87 bits per heavy atom. The summed E-state index contributed by atoms with van der Waals surface area (Å²) in [6.45, 7) is 4.04. The van der Waals surface area contributed by atoms with Crippen molar-refractivity contribution >= 4 is 17.2 Å². The molecule has 152 valence electrons. The van der Waals surface area contributed by atoms with Gasteiger partial charge in [0.25, 0.3) is 5.56 Å². The molecule has 8 nitrogen and oxygen atoms in total. The molecule has 0 spiro atoms. The summed E-state index contributed by atoms with van der Waals surface area (Å²) in [6, 6.07) is 16.0. The first-order chi connectivity index (χ1) is 14.6. The van der Waals surface area contributed by atoms with E-state index in [0.717, 1.165) is 31.9 Å². The van der Waals surface area contributed by atoms with E-state index in [-0.39, 0.29) is 11.5 Å². The van der Waals surface area contributed by atoms with Crippen LogP contribution in [0.4, 0.5) is 5.69 Å². The van der Waals surface area contributed by atoms with E-state index in [1.807, 2.05) is 18.2 Å². The van der Waals surface area contributed by atoms with Crippen LogP contribution in [0.1, 0.15) is 11.3 Å². The second-order valence-corrected chi connectivity index (χ2v) is 7.31. The van der Waals surface area contributed by atoms with Gasteiger partial charge in [0.05, 0.1) is 23.9 Å². The number of piperazine rings is 1. The lowest BCUT2D eigenvalue weighted by Crippen LogP contribution is -2.48. The number of nitriles is 1. The van der Waals surface area contributed by atoms with Gasteiger partial charge >= 0.3 is 0 Å². The fraction of sp³-hybridized carbons (Fsp3) is 0.273. The van der Waals surface area contributed by atoms with E-state index >= 15 is 0 Å². The number of amides is 1. The number of hydrogen-bond acceptors (Lipinski definition) is 6. The fourth-order valence-electron chi connectivity index (χ4n) is 3.59. The third kappa shape index (κ3) is 4.71.